The number of hydrogen-bond acceptors (Lipinski definition) is 8. The van der Waals surface area contributed by atoms with Gasteiger partial charge in [-0.15, -0.1) is 0 Å². The third-order valence-corrected chi connectivity index (χ3v) is 3.18. The lowest BCUT2D eigenvalue weighted by molar-refractivity contribution is -0.188. The molecule has 0 aliphatic carbocycles. The van der Waals surface area contributed by atoms with E-state index in [1.165, 1.54) is 24.3 Å². The van der Waals surface area contributed by atoms with E-state index in [-0.39, 0.29) is 0 Å². The molecule has 0 radical (unpaired) electrons. The molecule has 0 bridgehead atoms. The molecule has 150 valence electrons. The van der Waals surface area contributed by atoms with Crippen molar-refractivity contribution < 1.29 is 38.7 Å². The molecule has 0 aromatic carbocycles. The van der Waals surface area contributed by atoms with Gasteiger partial charge in [0.1, 0.15) is 12.2 Å². The van der Waals surface area contributed by atoms with E-state index in [4.69, 9.17) is 18.9 Å². The number of rotatable bonds is 13. The molecule has 0 aliphatic rings. The van der Waals surface area contributed by atoms with Crippen molar-refractivity contribution in [3.63, 3.8) is 0 Å². The smallest absolute Gasteiger partial charge is 0.332 e. The fourth-order valence-electron chi connectivity index (χ4n) is 1.69. The van der Waals surface area contributed by atoms with E-state index in [1.807, 2.05) is 0 Å². The molecule has 0 aromatic rings. The Hall–Kier alpha value is -1.74. The normalized spacial score (nSPS) is 16.4. The van der Waals surface area contributed by atoms with Gasteiger partial charge < -0.3 is 29.2 Å². The Morgan fingerprint density at radius 3 is 1.46 bits per heavy atom. The van der Waals surface area contributed by atoms with Crippen molar-refractivity contribution >= 4 is 11.9 Å². The number of aliphatic hydroxyl groups is 2. The molecule has 2 N–H and O–H groups in total. The minimum Gasteiger partial charge on any atom is -0.430 e. The number of carbonyl (C=O) groups excluding carboxylic acids is 2. The van der Waals surface area contributed by atoms with Gasteiger partial charge in [0.15, 0.2) is 0 Å². The predicted octanol–water partition coefficient (Wildman–Crippen LogP) is 1.45. The van der Waals surface area contributed by atoms with Gasteiger partial charge in [-0.3, -0.25) is 0 Å². The largest absolute Gasteiger partial charge is 0.430 e. The van der Waals surface area contributed by atoms with Crippen molar-refractivity contribution in [3.05, 3.63) is 24.3 Å². The summed E-state index contributed by atoms with van der Waals surface area (Å²) in [5, 5.41) is 19.3. The molecule has 0 amide bonds. The van der Waals surface area contributed by atoms with Gasteiger partial charge in [0.05, 0.1) is 0 Å². The lowest BCUT2D eigenvalue weighted by atomic mass is 10.3. The number of unbranched alkanes of at least 4 members (excludes halogenated alkanes) is 1. The van der Waals surface area contributed by atoms with Gasteiger partial charge in [-0.2, -0.15) is 0 Å². The zero-order chi connectivity index (χ0) is 19.9. The average Bonchev–Trinajstić information content (AvgIpc) is 2.57. The fourth-order valence-corrected chi connectivity index (χ4v) is 1.69. The van der Waals surface area contributed by atoms with Crippen LogP contribution in [0.2, 0.25) is 0 Å². The summed E-state index contributed by atoms with van der Waals surface area (Å²) >= 11 is 0. The van der Waals surface area contributed by atoms with E-state index in [1.54, 1.807) is 27.7 Å². The Morgan fingerprint density at radius 1 is 0.808 bits per heavy atom. The highest BCUT2D eigenvalue weighted by molar-refractivity contribution is 5.82. The fraction of sp³-hybridized carbons (Fsp3) is 0.667. The average molecular weight is 374 g/mol. The van der Waals surface area contributed by atoms with Gasteiger partial charge in [-0.1, -0.05) is 12.2 Å². The van der Waals surface area contributed by atoms with Crippen LogP contribution in [0.25, 0.3) is 0 Å². The van der Waals surface area contributed by atoms with Crippen LogP contribution in [0.15, 0.2) is 24.3 Å². The lowest BCUT2D eigenvalue weighted by Gasteiger charge is -2.20. The first-order chi connectivity index (χ1) is 12.3. The Balaban J connectivity index is 3.82. The van der Waals surface area contributed by atoms with Crippen LogP contribution in [0.3, 0.4) is 0 Å². The van der Waals surface area contributed by atoms with E-state index in [2.05, 4.69) is 0 Å². The molecule has 0 aromatic heterocycles. The minimum atomic E-state index is -1.34. The minimum absolute atomic E-state index is 0.343. The third kappa shape index (κ3) is 11.8. The lowest BCUT2D eigenvalue weighted by Crippen LogP contribution is -2.31. The SMILES string of the molecule is CC=CC(=O)OC(O)C(C)OCCCCOC(C)C(O)OC(=O)C=CC. The molecule has 0 saturated heterocycles. The molecule has 4 atom stereocenters. The quantitative estimate of drug-likeness (QED) is 0.216. The molecule has 0 heterocycles. The summed E-state index contributed by atoms with van der Waals surface area (Å²) in [6.45, 7) is 7.22. The molecule has 8 nitrogen and oxygen atoms in total. The van der Waals surface area contributed by atoms with Crippen molar-refractivity contribution in [2.75, 3.05) is 13.2 Å². The summed E-state index contributed by atoms with van der Waals surface area (Å²) in [6.07, 6.45) is 2.74. The number of carbonyl (C=O) groups is 2. The summed E-state index contributed by atoms with van der Waals surface area (Å²) in [7, 11) is 0. The first-order valence-electron chi connectivity index (χ1n) is 8.57. The molecular formula is C18H30O8. The zero-order valence-electron chi connectivity index (χ0n) is 15.8. The summed E-state index contributed by atoms with van der Waals surface area (Å²) in [4.78, 5) is 22.4. The molecule has 0 aliphatic heterocycles. The summed E-state index contributed by atoms with van der Waals surface area (Å²) in [5.74, 6) is -1.27. The Morgan fingerprint density at radius 2 is 1.15 bits per heavy atom. The van der Waals surface area contributed by atoms with Crippen molar-refractivity contribution in [2.45, 2.75) is 65.3 Å². The van der Waals surface area contributed by atoms with Gasteiger partial charge in [0, 0.05) is 25.4 Å². The van der Waals surface area contributed by atoms with E-state index >= 15 is 0 Å². The van der Waals surface area contributed by atoms with E-state index < -0.39 is 36.7 Å². The zero-order valence-corrected chi connectivity index (χ0v) is 15.8. The first kappa shape index (κ1) is 24.3. The van der Waals surface area contributed by atoms with Crippen LogP contribution >= 0.6 is 0 Å². The number of hydrogen-bond donors (Lipinski definition) is 2. The van der Waals surface area contributed by atoms with Crippen LogP contribution < -0.4 is 0 Å². The number of esters is 2. The number of allylic oxidation sites excluding steroid dienone is 2. The van der Waals surface area contributed by atoms with Crippen molar-refractivity contribution in [2.24, 2.45) is 0 Å². The molecule has 0 saturated carbocycles. The second kappa shape index (κ2) is 14.4. The van der Waals surface area contributed by atoms with Gasteiger partial charge in [0.25, 0.3) is 0 Å². The van der Waals surface area contributed by atoms with Crippen LogP contribution in [-0.4, -0.2) is 60.2 Å². The Labute approximate surface area is 154 Å². The molecule has 0 spiro atoms. The maximum Gasteiger partial charge on any atom is 0.332 e. The molecule has 4 unspecified atom stereocenters. The van der Waals surface area contributed by atoms with E-state index in [9.17, 15) is 19.8 Å². The molecule has 26 heavy (non-hydrogen) atoms. The maximum atomic E-state index is 11.2. The molecule has 0 fully saturated rings. The predicted molar refractivity (Wildman–Crippen MR) is 93.9 cm³/mol. The van der Waals surface area contributed by atoms with Gasteiger partial charge in [0.2, 0.25) is 12.6 Å². The van der Waals surface area contributed by atoms with Crippen molar-refractivity contribution in [3.8, 4) is 0 Å². The summed E-state index contributed by atoms with van der Waals surface area (Å²) < 4.78 is 20.3. The van der Waals surface area contributed by atoms with Crippen LogP contribution in [0.1, 0.15) is 40.5 Å². The molecule has 0 rings (SSSR count). The summed E-state index contributed by atoms with van der Waals surface area (Å²) in [5.41, 5.74) is 0. The maximum absolute atomic E-state index is 11.2. The van der Waals surface area contributed by atoms with Gasteiger partial charge >= 0.3 is 11.9 Å². The summed E-state index contributed by atoms with van der Waals surface area (Å²) in [6, 6.07) is 0. The van der Waals surface area contributed by atoms with E-state index in [0.717, 1.165) is 0 Å². The van der Waals surface area contributed by atoms with Crippen molar-refractivity contribution in [1.82, 2.24) is 0 Å². The first-order valence-corrected chi connectivity index (χ1v) is 8.57. The Kier molecular flexibility index (Phi) is 13.5. The number of aliphatic hydroxyl groups excluding tert-OH is 2. The second-order valence-electron chi connectivity index (χ2n) is 5.51. The van der Waals surface area contributed by atoms with E-state index in [0.29, 0.717) is 26.1 Å². The highest BCUT2D eigenvalue weighted by atomic mass is 16.7. The van der Waals surface area contributed by atoms with Gasteiger partial charge in [-0.05, 0) is 40.5 Å². The highest BCUT2D eigenvalue weighted by Crippen LogP contribution is 2.06. The second-order valence-corrected chi connectivity index (χ2v) is 5.51. The van der Waals surface area contributed by atoms with Gasteiger partial charge in [-0.25, -0.2) is 9.59 Å². The standard InChI is InChI=1S/C18H30O8/c1-5-9-15(19)25-17(21)13(3)23-11-7-8-12-24-14(4)18(22)26-16(20)10-6-2/h5-6,9-10,13-14,17-18,21-22H,7-8,11-12H2,1-4H3. The number of ether oxygens (including phenoxy) is 4. The van der Waals surface area contributed by atoms with Crippen LogP contribution in [-0.2, 0) is 28.5 Å². The molecule has 8 heteroatoms. The van der Waals surface area contributed by atoms with Crippen LogP contribution in [0, 0.1) is 0 Å². The Bertz CT molecular complexity index is 418. The molecular weight excluding hydrogens is 344 g/mol. The third-order valence-electron chi connectivity index (χ3n) is 3.18. The monoisotopic (exact) mass is 374 g/mol. The topological polar surface area (TPSA) is 112 Å². The van der Waals surface area contributed by atoms with Crippen LogP contribution in [0.4, 0.5) is 0 Å². The van der Waals surface area contributed by atoms with Crippen molar-refractivity contribution in [1.29, 1.82) is 0 Å². The van der Waals surface area contributed by atoms with Crippen LogP contribution in [0.5, 0.6) is 0 Å². The highest BCUT2D eigenvalue weighted by Gasteiger charge is 2.19.